The zero-order chi connectivity index (χ0) is 17.7. The smallest absolute Gasteiger partial charge is 0.309 e. The number of carbonyl (C=O) groups is 1. The van der Waals surface area contributed by atoms with Crippen LogP contribution in [0.5, 0.6) is 11.5 Å². The maximum Gasteiger partial charge on any atom is 0.309 e. The third kappa shape index (κ3) is 4.39. The molecule has 0 radical (unpaired) electrons. The Hall–Kier alpha value is -2.73. The molecule has 0 saturated heterocycles. The number of anilines is 2. The van der Waals surface area contributed by atoms with E-state index < -0.39 is 11.6 Å². The highest BCUT2D eigenvalue weighted by atomic mass is 16.5. The SMILES string of the molecule is CCOC(=O)CC(C)(O)c1ccc(Oc2ccc(N)cc2N)cc1. The zero-order valence-corrected chi connectivity index (χ0v) is 13.8. The van der Waals surface area contributed by atoms with E-state index in [1.54, 1.807) is 56.3 Å². The van der Waals surface area contributed by atoms with Crippen molar-refractivity contribution in [1.82, 2.24) is 0 Å². The van der Waals surface area contributed by atoms with Crippen molar-refractivity contribution < 1.29 is 19.4 Å². The van der Waals surface area contributed by atoms with Gasteiger partial charge in [-0.1, -0.05) is 12.1 Å². The Morgan fingerprint density at radius 3 is 2.42 bits per heavy atom. The number of nitrogen functional groups attached to an aromatic ring is 2. The highest BCUT2D eigenvalue weighted by Gasteiger charge is 2.27. The molecule has 6 nitrogen and oxygen atoms in total. The molecule has 2 aromatic rings. The van der Waals surface area contributed by atoms with Crippen LogP contribution in [0.4, 0.5) is 11.4 Å². The molecule has 6 heteroatoms. The lowest BCUT2D eigenvalue weighted by atomic mass is 9.92. The van der Waals surface area contributed by atoms with Gasteiger partial charge in [-0.05, 0) is 49.7 Å². The third-order valence-electron chi connectivity index (χ3n) is 3.53. The molecule has 0 saturated carbocycles. The average molecular weight is 330 g/mol. The van der Waals surface area contributed by atoms with E-state index in [2.05, 4.69) is 0 Å². The molecule has 5 N–H and O–H groups in total. The first-order valence-electron chi connectivity index (χ1n) is 7.63. The number of aliphatic hydroxyl groups is 1. The molecule has 24 heavy (non-hydrogen) atoms. The summed E-state index contributed by atoms with van der Waals surface area (Å²) in [5.74, 6) is 0.606. The molecule has 1 unspecified atom stereocenters. The highest BCUT2D eigenvalue weighted by Crippen LogP contribution is 2.31. The van der Waals surface area contributed by atoms with Crippen LogP contribution in [0.1, 0.15) is 25.8 Å². The van der Waals surface area contributed by atoms with Gasteiger partial charge in [-0.25, -0.2) is 0 Å². The fraction of sp³-hybridized carbons (Fsp3) is 0.278. The first-order chi connectivity index (χ1) is 11.3. The molecule has 128 valence electrons. The van der Waals surface area contributed by atoms with Crippen LogP contribution >= 0.6 is 0 Å². The van der Waals surface area contributed by atoms with Crippen LogP contribution in [0.15, 0.2) is 42.5 Å². The maximum atomic E-state index is 11.6. The van der Waals surface area contributed by atoms with Crippen LogP contribution in [-0.4, -0.2) is 17.7 Å². The first-order valence-corrected chi connectivity index (χ1v) is 7.63. The van der Waals surface area contributed by atoms with Crippen molar-refractivity contribution in [3.05, 3.63) is 48.0 Å². The molecular formula is C18H22N2O4. The molecule has 0 heterocycles. The number of ether oxygens (including phenoxy) is 2. The minimum absolute atomic E-state index is 0.119. The molecule has 0 aliphatic carbocycles. The van der Waals surface area contributed by atoms with Gasteiger partial charge in [0.25, 0.3) is 0 Å². The van der Waals surface area contributed by atoms with Gasteiger partial charge >= 0.3 is 5.97 Å². The van der Waals surface area contributed by atoms with Crippen molar-refractivity contribution in [3.8, 4) is 11.5 Å². The van der Waals surface area contributed by atoms with E-state index in [0.717, 1.165) is 0 Å². The minimum atomic E-state index is -1.31. The summed E-state index contributed by atoms with van der Waals surface area (Å²) in [4.78, 5) is 11.6. The van der Waals surface area contributed by atoms with E-state index in [0.29, 0.717) is 28.4 Å². The van der Waals surface area contributed by atoms with Gasteiger partial charge < -0.3 is 26.0 Å². The Morgan fingerprint density at radius 2 is 1.83 bits per heavy atom. The van der Waals surface area contributed by atoms with Crippen molar-refractivity contribution in [3.63, 3.8) is 0 Å². The number of benzene rings is 2. The minimum Gasteiger partial charge on any atom is -0.466 e. The summed E-state index contributed by atoms with van der Waals surface area (Å²) in [7, 11) is 0. The molecule has 0 spiro atoms. The second-order valence-corrected chi connectivity index (χ2v) is 5.68. The van der Waals surface area contributed by atoms with E-state index in [1.807, 2.05) is 0 Å². The van der Waals surface area contributed by atoms with Crippen molar-refractivity contribution >= 4 is 17.3 Å². The van der Waals surface area contributed by atoms with Gasteiger partial charge in [0.1, 0.15) is 11.5 Å². The van der Waals surface area contributed by atoms with Gasteiger partial charge in [-0.2, -0.15) is 0 Å². The van der Waals surface area contributed by atoms with E-state index in [9.17, 15) is 9.90 Å². The Labute approximate surface area is 141 Å². The fourth-order valence-corrected chi connectivity index (χ4v) is 2.26. The Morgan fingerprint density at radius 1 is 1.17 bits per heavy atom. The first kappa shape index (κ1) is 17.6. The van der Waals surface area contributed by atoms with E-state index in [-0.39, 0.29) is 13.0 Å². The molecule has 2 aromatic carbocycles. The quantitative estimate of drug-likeness (QED) is 0.555. The number of esters is 1. The average Bonchev–Trinajstić information content (AvgIpc) is 2.50. The normalized spacial score (nSPS) is 13.1. The zero-order valence-electron chi connectivity index (χ0n) is 13.8. The summed E-state index contributed by atoms with van der Waals surface area (Å²) in [6, 6.07) is 11.8. The summed E-state index contributed by atoms with van der Waals surface area (Å²) in [6.07, 6.45) is -0.119. The summed E-state index contributed by atoms with van der Waals surface area (Å²) in [5.41, 5.74) is 11.8. The van der Waals surface area contributed by atoms with E-state index >= 15 is 0 Å². The topological polar surface area (TPSA) is 108 Å². The third-order valence-corrected chi connectivity index (χ3v) is 3.53. The molecular weight excluding hydrogens is 308 g/mol. The van der Waals surface area contributed by atoms with Crippen molar-refractivity contribution in [2.45, 2.75) is 25.9 Å². The van der Waals surface area contributed by atoms with Gasteiger partial charge in [0.15, 0.2) is 0 Å². The molecule has 0 amide bonds. The van der Waals surface area contributed by atoms with Gasteiger partial charge in [0.05, 0.1) is 24.3 Å². The van der Waals surface area contributed by atoms with Gasteiger partial charge in [-0.3, -0.25) is 4.79 Å². The Kier molecular flexibility index (Phi) is 5.31. The van der Waals surface area contributed by atoms with Crippen LogP contribution in [0.2, 0.25) is 0 Å². The Bertz CT molecular complexity index is 711. The van der Waals surface area contributed by atoms with Crippen LogP contribution < -0.4 is 16.2 Å². The molecule has 0 fully saturated rings. The second-order valence-electron chi connectivity index (χ2n) is 5.68. The van der Waals surface area contributed by atoms with Crippen molar-refractivity contribution in [2.75, 3.05) is 18.1 Å². The predicted octanol–water partition coefficient (Wildman–Crippen LogP) is 2.80. The molecule has 0 aromatic heterocycles. The van der Waals surface area contributed by atoms with E-state index in [4.69, 9.17) is 20.9 Å². The van der Waals surface area contributed by atoms with Crippen LogP contribution in [0.3, 0.4) is 0 Å². The molecule has 0 bridgehead atoms. The lowest BCUT2D eigenvalue weighted by molar-refractivity contribution is -0.148. The number of carbonyl (C=O) groups excluding carboxylic acids is 1. The number of hydrogen-bond acceptors (Lipinski definition) is 6. The number of nitrogens with two attached hydrogens (primary N) is 2. The molecule has 1 atom stereocenters. The lowest BCUT2D eigenvalue weighted by Crippen LogP contribution is -2.26. The predicted molar refractivity (Wildman–Crippen MR) is 92.6 cm³/mol. The molecule has 0 aliphatic rings. The molecule has 0 aliphatic heterocycles. The van der Waals surface area contributed by atoms with Crippen LogP contribution in [-0.2, 0) is 15.1 Å². The van der Waals surface area contributed by atoms with Gasteiger partial charge in [0, 0.05) is 5.69 Å². The van der Waals surface area contributed by atoms with Gasteiger partial charge in [0.2, 0.25) is 0 Å². The Balaban J connectivity index is 2.11. The van der Waals surface area contributed by atoms with Gasteiger partial charge in [-0.15, -0.1) is 0 Å². The summed E-state index contributed by atoms with van der Waals surface area (Å²) < 4.78 is 10.6. The van der Waals surface area contributed by atoms with Crippen LogP contribution in [0, 0.1) is 0 Å². The highest BCUT2D eigenvalue weighted by molar-refractivity contribution is 5.71. The van der Waals surface area contributed by atoms with E-state index in [1.165, 1.54) is 0 Å². The standard InChI is InChI=1S/C18H22N2O4/c1-3-23-17(21)11-18(2,22)12-4-7-14(8-5-12)24-16-9-6-13(19)10-15(16)20/h4-10,22H,3,11,19-20H2,1-2H3. The second kappa shape index (κ2) is 7.23. The number of hydrogen-bond donors (Lipinski definition) is 3. The summed E-state index contributed by atoms with van der Waals surface area (Å²) in [6.45, 7) is 3.57. The van der Waals surface area contributed by atoms with Crippen molar-refractivity contribution in [1.29, 1.82) is 0 Å². The lowest BCUT2D eigenvalue weighted by Gasteiger charge is -2.23. The number of rotatable bonds is 6. The molecule has 2 rings (SSSR count). The summed E-state index contributed by atoms with van der Waals surface area (Å²) in [5, 5.41) is 10.5. The van der Waals surface area contributed by atoms with Crippen molar-refractivity contribution in [2.24, 2.45) is 0 Å². The van der Waals surface area contributed by atoms with Crippen LogP contribution in [0.25, 0.3) is 0 Å². The fourth-order valence-electron chi connectivity index (χ4n) is 2.26. The monoisotopic (exact) mass is 330 g/mol. The largest absolute Gasteiger partial charge is 0.466 e. The summed E-state index contributed by atoms with van der Waals surface area (Å²) >= 11 is 0. The maximum absolute atomic E-state index is 11.6.